The van der Waals surface area contributed by atoms with E-state index in [1.54, 1.807) is 6.07 Å². The van der Waals surface area contributed by atoms with Crippen LogP contribution < -0.4 is 5.32 Å². The lowest BCUT2D eigenvalue weighted by molar-refractivity contribution is -0.383. The molecule has 1 aliphatic heterocycles. The Balaban J connectivity index is 1.61. The third kappa shape index (κ3) is 8.75. The minimum atomic E-state index is -4.29. The number of nitrogens with one attached hydrogen (secondary N) is 1. The molecule has 0 radical (unpaired) electrons. The number of amides is 1. The van der Waals surface area contributed by atoms with Gasteiger partial charge in [0, 0.05) is 58.4 Å². The predicted molar refractivity (Wildman–Crippen MR) is 101 cm³/mol. The summed E-state index contributed by atoms with van der Waals surface area (Å²) in [7, 11) is 0. The van der Waals surface area contributed by atoms with Crippen LogP contribution in [0.25, 0.3) is 0 Å². The van der Waals surface area contributed by atoms with Crippen LogP contribution in [0.15, 0.2) is 24.3 Å². The highest BCUT2D eigenvalue weighted by atomic mass is 19.4. The molecule has 0 spiro atoms. The number of anilines is 1. The lowest BCUT2D eigenvalue weighted by atomic mass is 10.2. The van der Waals surface area contributed by atoms with Crippen LogP contribution in [0.3, 0.4) is 0 Å². The molecule has 0 aliphatic carbocycles. The van der Waals surface area contributed by atoms with Gasteiger partial charge in [-0.15, -0.1) is 0 Å². The van der Waals surface area contributed by atoms with E-state index >= 15 is 0 Å². The van der Waals surface area contributed by atoms with E-state index in [-0.39, 0.29) is 30.3 Å². The molecule has 0 saturated carbocycles. The van der Waals surface area contributed by atoms with Crippen LogP contribution >= 0.6 is 0 Å². The van der Waals surface area contributed by atoms with Gasteiger partial charge >= 0.3 is 6.18 Å². The molecule has 0 bridgehead atoms. The third-order valence-corrected chi connectivity index (χ3v) is 4.52. The van der Waals surface area contributed by atoms with Crippen LogP contribution in [0.2, 0.25) is 0 Å². The highest BCUT2D eigenvalue weighted by Crippen LogP contribution is 2.23. The number of nitro benzene ring substituents is 1. The summed E-state index contributed by atoms with van der Waals surface area (Å²) in [4.78, 5) is 26.8. The molecule has 162 valence electrons. The number of hydrogen-bond acceptors (Lipinski definition) is 6. The first-order valence-corrected chi connectivity index (χ1v) is 9.37. The predicted octanol–water partition coefficient (Wildman–Crippen LogP) is 2.51. The number of benzene rings is 1. The van der Waals surface area contributed by atoms with Gasteiger partial charge in [-0.3, -0.25) is 14.9 Å². The molecule has 0 aromatic heterocycles. The van der Waals surface area contributed by atoms with Crippen molar-refractivity contribution >= 4 is 17.3 Å². The average Bonchev–Trinajstić information content (AvgIpc) is 2.66. The summed E-state index contributed by atoms with van der Waals surface area (Å²) in [5, 5.41) is 13.6. The van der Waals surface area contributed by atoms with Gasteiger partial charge in [-0.05, 0) is 12.5 Å². The Bertz CT molecular complexity index is 679. The summed E-state index contributed by atoms with van der Waals surface area (Å²) in [5.41, 5.74) is 0.0359. The maximum Gasteiger partial charge on any atom is 0.411 e. The third-order valence-electron chi connectivity index (χ3n) is 4.52. The number of rotatable bonds is 10. The molecule has 1 heterocycles. The minimum Gasteiger partial charge on any atom is -0.372 e. The van der Waals surface area contributed by atoms with Crippen molar-refractivity contribution in [3.63, 3.8) is 0 Å². The van der Waals surface area contributed by atoms with Gasteiger partial charge < -0.3 is 19.9 Å². The Morgan fingerprint density at radius 2 is 1.76 bits per heavy atom. The first-order valence-electron chi connectivity index (χ1n) is 9.37. The topological polar surface area (TPSA) is 88.0 Å². The molecule has 0 atom stereocenters. The minimum absolute atomic E-state index is 0.0749. The Hall–Kier alpha value is -2.24. The first-order chi connectivity index (χ1) is 13.7. The molecule has 1 fully saturated rings. The smallest absolute Gasteiger partial charge is 0.372 e. The van der Waals surface area contributed by atoms with Crippen molar-refractivity contribution in [2.75, 3.05) is 57.8 Å². The van der Waals surface area contributed by atoms with Gasteiger partial charge in [0.25, 0.3) is 5.69 Å². The molecule has 11 heteroatoms. The lowest BCUT2D eigenvalue weighted by Gasteiger charge is -2.34. The number of carbonyl (C=O) groups is 1. The van der Waals surface area contributed by atoms with Crippen molar-refractivity contribution in [1.29, 1.82) is 0 Å². The maximum absolute atomic E-state index is 12.1. The maximum atomic E-state index is 12.1. The SMILES string of the molecule is O=C(CCN1CCN(CCCOCC(F)(F)F)CC1)Nc1ccccc1[N+](=O)[O-]. The quantitative estimate of drug-likeness (QED) is 0.357. The summed E-state index contributed by atoms with van der Waals surface area (Å²) in [6, 6.07) is 5.99. The molecule has 1 N–H and O–H groups in total. The number of nitro groups is 1. The zero-order valence-corrected chi connectivity index (χ0v) is 16.0. The van der Waals surface area contributed by atoms with Gasteiger partial charge in [0.05, 0.1) is 4.92 Å². The monoisotopic (exact) mass is 418 g/mol. The highest BCUT2D eigenvalue weighted by molar-refractivity contribution is 5.93. The van der Waals surface area contributed by atoms with Gasteiger partial charge in [0.1, 0.15) is 12.3 Å². The number of para-hydroxylation sites is 2. The standard InChI is InChI=1S/C18H25F3N4O4/c19-18(20,21)14-29-13-3-7-23-9-11-24(12-10-23)8-6-17(26)22-15-4-1-2-5-16(15)25(27)28/h1-2,4-5H,3,6-14H2,(H,22,26). The van der Waals surface area contributed by atoms with Crippen LogP contribution in [0.1, 0.15) is 12.8 Å². The molecule has 29 heavy (non-hydrogen) atoms. The van der Waals surface area contributed by atoms with Crippen molar-refractivity contribution in [3.05, 3.63) is 34.4 Å². The Kier molecular flexibility index (Phi) is 8.80. The van der Waals surface area contributed by atoms with Crippen LogP contribution in [0, 0.1) is 10.1 Å². The second kappa shape index (κ2) is 11.1. The molecule has 1 amide bonds. The summed E-state index contributed by atoms with van der Waals surface area (Å²) < 4.78 is 40.6. The number of alkyl halides is 3. The van der Waals surface area contributed by atoms with E-state index in [0.717, 1.165) is 26.2 Å². The van der Waals surface area contributed by atoms with Crippen molar-refractivity contribution in [1.82, 2.24) is 9.80 Å². The molecule has 1 aromatic carbocycles. The van der Waals surface area contributed by atoms with Crippen molar-refractivity contribution in [2.24, 2.45) is 0 Å². The second-order valence-corrected chi connectivity index (χ2v) is 6.78. The Morgan fingerprint density at radius 1 is 1.14 bits per heavy atom. The lowest BCUT2D eigenvalue weighted by Crippen LogP contribution is -2.47. The van der Waals surface area contributed by atoms with Crippen LogP contribution in [0.5, 0.6) is 0 Å². The van der Waals surface area contributed by atoms with E-state index in [1.807, 2.05) is 0 Å². The molecule has 2 rings (SSSR count). The van der Waals surface area contributed by atoms with E-state index < -0.39 is 17.7 Å². The van der Waals surface area contributed by atoms with Gasteiger partial charge in [-0.1, -0.05) is 12.1 Å². The number of piperazine rings is 1. The normalized spacial score (nSPS) is 16.0. The zero-order valence-electron chi connectivity index (χ0n) is 16.0. The van der Waals surface area contributed by atoms with Crippen LogP contribution in [0.4, 0.5) is 24.5 Å². The van der Waals surface area contributed by atoms with Gasteiger partial charge in [-0.25, -0.2) is 0 Å². The van der Waals surface area contributed by atoms with Crippen molar-refractivity contribution in [2.45, 2.75) is 19.0 Å². The number of nitrogens with zero attached hydrogens (tertiary/aromatic N) is 3. The molecule has 1 saturated heterocycles. The van der Waals surface area contributed by atoms with E-state index in [2.05, 4.69) is 19.9 Å². The summed E-state index contributed by atoms with van der Waals surface area (Å²) in [5.74, 6) is -0.288. The molecule has 0 unspecified atom stereocenters. The van der Waals surface area contributed by atoms with Gasteiger partial charge in [0.2, 0.25) is 5.91 Å². The Morgan fingerprint density at radius 3 is 2.38 bits per heavy atom. The zero-order chi connectivity index (χ0) is 21.3. The number of hydrogen-bond donors (Lipinski definition) is 1. The van der Waals surface area contributed by atoms with Crippen LogP contribution in [-0.2, 0) is 9.53 Å². The fourth-order valence-electron chi connectivity index (χ4n) is 3.03. The Labute approximate surface area is 166 Å². The molecular formula is C18H25F3N4O4. The fourth-order valence-corrected chi connectivity index (χ4v) is 3.03. The van der Waals surface area contributed by atoms with E-state index in [4.69, 9.17) is 0 Å². The van der Waals surface area contributed by atoms with Crippen LogP contribution in [-0.4, -0.2) is 79.3 Å². The van der Waals surface area contributed by atoms with Crippen molar-refractivity contribution < 1.29 is 27.6 Å². The van der Waals surface area contributed by atoms with E-state index in [0.29, 0.717) is 19.5 Å². The van der Waals surface area contributed by atoms with E-state index in [9.17, 15) is 28.1 Å². The summed E-state index contributed by atoms with van der Waals surface area (Å²) in [6.07, 6.45) is -3.53. The van der Waals surface area contributed by atoms with Gasteiger partial charge in [0.15, 0.2) is 0 Å². The van der Waals surface area contributed by atoms with Gasteiger partial charge in [-0.2, -0.15) is 13.2 Å². The average molecular weight is 418 g/mol. The second-order valence-electron chi connectivity index (χ2n) is 6.78. The first kappa shape index (κ1) is 23.0. The fraction of sp³-hybridized carbons (Fsp3) is 0.611. The summed E-state index contributed by atoms with van der Waals surface area (Å²) in [6.45, 7) is 3.11. The molecule has 1 aliphatic rings. The number of carbonyl (C=O) groups excluding carboxylic acids is 1. The summed E-state index contributed by atoms with van der Waals surface area (Å²) >= 11 is 0. The number of halogens is 3. The highest BCUT2D eigenvalue weighted by Gasteiger charge is 2.27. The van der Waals surface area contributed by atoms with Crippen molar-refractivity contribution in [3.8, 4) is 0 Å². The van der Waals surface area contributed by atoms with E-state index in [1.165, 1.54) is 18.2 Å². The molecular weight excluding hydrogens is 393 g/mol. The number of ether oxygens (including phenoxy) is 1. The molecule has 8 nitrogen and oxygen atoms in total. The molecule has 1 aromatic rings. The largest absolute Gasteiger partial charge is 0.411 e.